The van der Waals surface area contributed by atoms with Crippen LogP contribution in [0.4, 0.5) is 0 Å². The largest absolute Gasteiger partial charge is 0.385 e. The van der Waals surface area contributed by atoms with Gasteiger partial charge in [0.15, 0.2) is 0 Å². The minimum absolute atomic E-state index is 0.269. The van der Waals surface area contributed by atoms with Gasteiger partial charge >= 0.3 is 7.60 Å². The summed E-state index contributed by atoms with van der Waals surface area (Å²) in [5, 5.41) is 3.33. The predicted molar refractivity (Wildman–Crippen MR) is 69.5 cm³/mol. The zero-order chi connectivity index (χ0) is 13.0. The lowest BCUT2D eigenvalue weighted by Crippen LogP contribution is -2.17. The van der Waals surface area contributed by atoms with Crippen LogP contribution >= 0.6 is 7.60 Å². The molecular weight excluding hydrogens is 241 g/mol. The Balaban J connectivity index is 3.11. The first-order valence-electron chi connectivity index (χ1n) is 6.19. The molecule has 1 unspecified atom stereocenters. The summed E-state index contributed by atoms with van der Waals surface area (Å²) in [6.07, 6.45) is 5.23. The maximum Gasteiger partial charge on any atom is 0.327 e. The standard InChI is InChI=1S/C11H26NO4P/c1-15-10-7-9-12-8-5-3-4-6-11-17(13,14)16-2/h12H,3-11H2,1-2H3,(H,13,14). The summed E-state index contributed by atoms with van der Waals surface area (Å²) in [7, 11) is -0.286. The highest BCUT2D eigenvalue weighted by molar-refractivity contribution is 7.52. The highest BCUT2D eigenvalue weighted by Gasteiger charge is 2.15. The van der Waals surface area contributed by atoms with Crippen LogP contribution in [0.3, 0.4) is 0 Å². The summed E-state index contributed by atoms with van der Waals surface area (Å²) < 4.78 is 20.6. The van der Waals surface area contributed by atoms with Gasteiger partial charge in [0.2, 0.25) is 0 Å². The van der Waals surface area contributed by atoms with Crippen molar-refractivity contribution in [3.05, 3.63) is 0 Å². The molecule has 0 aliphatic rings. The molecule has 0 aromatic heterocycles. The summed E-state index contributed by atoms with van der Waals surface area (Å²) in [4.78, 5) is 9.16. The van der Waals surface area contributed by atoms with Crippen molar-refractivity contribution in [2.45, 2.75) is 32.1 Å². The highest BCUT2D eigenvalue weighted by Crippen LogP contribution is 2.41. The Morgan fingerprint density at radius 1 is 1.06 bits per heavy atom. The molecule has 104 valence electrons. The van der Waals surface area contributed by atoms with Gasteiger partial charge in [-0.2, -0.15) is 0 Å². The van der Waals surface area contributed by atoms with E-state index in [0.29, 0.717) is 0 Å². The van der Waals surface area contributed by atoms with Crippen molar-refractivity contribution >= 4 is 7.60 Å². The lowest BCUT2D eigenvalue weighted by Gasteiger charge is -2.08. The first-order valence-corrected chi connectivity index (χ1v) is 7.96. The fourth-order valence-electron chi connectivity index (χ4n) is 1.47. The predicted octanol–water partition coefficient (Wildman–Crippen LogP) is 2.00. The van der Waals surface area contributed by atoms with Crippen LogP contribution in [0.25, 0.3) is 0 Å². The number of nitrogens with one attached hydrogen (secondary N) is 1. The number of hydrogen-bond acceptors (Lipinski definition) is 4. The summed E-state index contributed by atoms with van der Waals surface area (Å²) >= 11 is 0. The molecule has 0 radical (unpaired) electrons. The molecule has 0 aromatic rings. The maximum absolute atomic E-state index is 11.1. The van der Waals surface area contributed by atoms with Crippen molar-refractivity contribution in [3.8, 4) is 0 Å². The zero-order valence-corrected chi connectivity index (χ0v) is 11.9. The summed E-state index contributed by atoms with van der Waals surface area (Å²) in [5.74, 6) is 0. The summed E-state index contributed by atoms with van der Waals surface area (Å²) in [6.45, 7) is 2.80. The normalized spacial score (nSPS) is 14.8. The van der Waals surface area contributed by atoms with Crippen molar-refractivity contribution in [2.75, 3.05) is 40.1 Å². The molecule has 0 saturated carbocycles. The van der Waals surface area contributed by atoms with Gasteiger partial charge in [0, 0.05) is 27.0 Å². The van der Waals surface area contributed by atoms with Gasteiger partial charge in [0.25, 0.3) is 0 Å². The second-order valence-electron chi connectivity index (χ2n) is 4.05. The van der Waals surface area contributed by atoms with Gasteiger partial charge in [0.1, 0.15) is 0 Å². The fraction of sp³-hybridized carbons (Fsp3) is 1.00. The molecule has 0 aliphatic carbocycles. The Labute approximate surface area is 104 Å². The molecule has 0 amide bonds. The lowest BCUT2D eigenvalue weighted by molar-refractivity contribution is 0.194. The number of methoxy groups -OCH3 is 1. The highest BCUT2D eigenvalue weighted by atomic mass is 31.2. The monoisotopic (exact) mass is 267 g/mol. The Morgan fingerprint density at radius 3 is 2.35 bits per heavy atom. The number of unbranched alkanes of at least 4 members (excludes halogenated alkanes) is 3. The van der Waals surface area contributed by atoms with E-state index >= 15 is 0 Å². The molecule has 1 atom stereocenters. The van der Waals surface area contributed by atoms with Crippen LogP contribution in [0.1, 0.15) is 32.1 Å². The van der Waals surface area contributed by atoms with Gasteiger partial charge in [0.05, 0.1) is 0 Å². The molecule has 0 aromatic carbocycles. The van der Waals surface area contributed by atoms with Gasteiger partial charge in [-0.25, -0.2) is 0 Å². The fourth-order valence-corrected chi connectivity index (χ4v) is 2.28. The van der Waals surface area contributed by atoms with Gasteiger partial charge in [-0.15, -0.1) is 0 Å². The molecular formula is C11H26NO4P. The molecule has 5 nitrogen and oxygen atoms in total. The van der Waals surface area contributed by atoms with E-state index in [9.17, 15) is 4.57 Å². The lowest BCUT2D eigenvalue weighted by atomic mass is 10.2. The van der Waals surface area contributed by atoms with Crippen LogP contribution in [-0.4, -0.2) is 45.0 Å². The molecule has 0 spiro atoms. The SMILES string of the molecule is COCCCNCCCCCCP(=O)(O)OC. The van der Waals surface area contributed by atoms with Crippen LogP contribution < -0.4 is 5.32 Å². The average molecular weight is 267 g/mol. The third kappa shape index (κ3) is 12.3. The van der Waals surface area contributed by atoms with Crippen molar-refractivity contribution < 1.29 is 18.7 Å². The van der Waals surface area contributed by atoms with Crippen LogP contribution in [0, 0.1) is 0 Å². The maximum atomic E-state index is 11.1. The molecule has 0 bridgehead atoms. The van der Waals surface area contributed by atoms with E-state index in [2.05, 4.69) is 9.84 Å². The van der Waals surface area contributed by atoms with E-state index < -0.39 is 7.60 Å². The third-order valence-corrected chi connectivity index (χ3v) is 3.98. The zero-order valence-electron chi connectivity index (χ0n) is 11.0. The van der Waals surface area contributed by atoms with Crippen LogP contribution in [0.5, 0.6) is 0 Å². The smallest absolute Gasteiger partial charge is 0.327 e. The van der Waals surface area contributed by atoms with Crippen molar-refractivity contribution in [1.29, 1.82) is 0 Å². The van der Waals surface area contributed by atoms with Crippen LogP contribution in [0.2, 0.25) is 0 Å². The van der Waals surface area contributed by atoms with E-state index in [-0.39, 0.29) is 6.16 Å². The number of hydrogen-bond donors (Lipinski definition) is 2. The molecule has 0 saturated heterocycles. The summed E-state index contributed by atoms with van der Waals surface area (Å²) in [6, 6.07) is 0. The van der Waals surface area contributed by atoms with Gasteiger partial charge in [-0.1, -0.05) is 12.8 Å². The molecule has 0 aliphatic heterocycles. The third-order valence-electron chi connectivity index (χ3n) is 2.53. The van der Waals surface area contributed by atoms with E-state index in [4.69, 9.17) is 9.63 Å². The van der Waals surface area contributed by atoms with Crippen molar-refractivity contribution in [2.24, 2.45) is 0 Å². The van der Waals surface area contributed by atoms with E-state index in [1.807, 2.05) is 0 Å². The first-order chi connectivity index (χ1) is 8.12. The van der Waals surface area contributed by atoms with Crippen molar-refractivity contribution in [3.63, 3.8) is 0 Å². The molecule has 2 N–H and O–H groups in total. The van der Waals surface area contributed by atoms with Gasteiger partial charge < -0.3 is 19.5 Å². The second kappa shape index (κ2) is 11.2. The Hall–Kier alpha value is 0.0700. The second-order valence-corrected chi connectivity index (χ2v) is 6.14. The topological polar surface area (TPSA) is 67.8 Å². The van der Waals surface area contributed by atoms with E-state index in [0.717, 1.165) is 51.8 Å². The quantitative estimate of drug-likeness (QED) is 0.418. The Bertz CT molecular complexity index is 214. The van der Waals surface area contributed by atoms with Crippen molar-refractivity contribution in [1.82, 2.24) is 5.32 Å². The van der Waals surface area contributed by atoms with E-state index in [1.165, 1.54) is 7.11 Å². The minimum Gasteiger partial charge on any atom is -0.385 e. The first kappa shape index (κ1) is 17.1. The molecule has 17 heavy (non-hydrogen) atoms. The molecule has 0 heterocycles. The minimum atomic E-state index is -3.28. The van der Waals surface area contributed by atoms with Crippen LogP contribution in [-0.2, 0) is 13.8 Å². The molecule has 6 heteroatoms. The van der Waals surface area contributed by atoms with E-state index in [1.54, 1.807) is 7.11 Å². The Kier molecular flexibility index (Phi) is 11.2. The average Bonchev–Trinajstić information content (AvgIpc) is 2.31. The molecule has 0 fully saturated rings. The van der Waals surface area contributed by atoms with Crippen LogP contribution in [0.15, 0.2) is 0 Å². The molecule has 0 rings (SSSR count). The number of ether oxygens (including phenoxy) is 1. The van der Waals surface area contributed by atoms with Gasteiger partial charge in [-0.05, 0) is 32.4 Å². The number of rotatable bonds is 12. The van der Waals surface area contributed by atoms with Gasteiger partial charge in [-0.3, -0.25) is 4.57 Å². The Morgan fingerprint density at radius 2 is 1.71 bits per heavy atom. The summed E-state index contributed by atoms with van der Waals surface area (Å²) in [5.41, 5.74) is 0.